The van der Waals surface area contributed by atoms with Gasteiger partial charge in [-0.3, -0.25) is 4.79 Å². The molecule has 2 rings (SSSR count). The van der Waals surface area contributed by atoms with Crippen LogP contribution < -0.4 is 0 Å². The molecule has 0 spiro atoms. The van der Waals surface area contributed by atoms with Crippen LogP contribution in [0.15, 0.2) is 24.3 Å². The molecule has 0 bridgehead atoms. The first-order chi connectivity index (χ1) is 10.6. The van der Waals surface area contributed by atoms with E-state index in [0.29, 0.717) is 5.69 Å². The van der Waals surface area contributed by atoms with Gasteiger partial charge in [-0.1, -0.05) is 12.1 Å². The molecule has 124 valence electrons. The molecule has 0 aliphatic heterocycles. The van der Waals surface area contributed by atoms with Gasteiger partial charge in [-0.25, -0.2) is 4.98 Å². The van der Waals surface area contributed by atoms with Gasteiger partial charge in [0.15, 0.2) is 0 Å². The highest BCUT2D eigenvalue weighted by Crippen LogP contribution is 2.33. The summed E-state index contributed by atoms with van der Waals surface area (Å²) in [5.41, 5.74) is -0.554. The molecular formula is C16H17F3N2OS. The second-order valence-electron chi connectivity index (χ2n) is 5.31. The Morgan fingerprint density at radius 2 is 1.87 bits per heavy atom. The highest BCUT2D eigenvalue weighted by Gasteiger charge is 2.36. The smallest absolute Gasteiger partial charge is 0.333 e. The summed E-state index contributed by atoms with van der Waals surface area (Å²) in [4.78, 5) is 19.2. The largest absolute Gasteiger partial charge is 0.417 e. The second-order valence-corrected chi connectivity index (χ2v) is 6.72. The Balaban J connectivity index is 2.36. The quantitative estimate of drug-likeness (QED) is 0.816. The lowest BCUT2D eigenvalue weighted by Crippen LogP contribution is -2.31. The van der Waals surface area contributed by atoms with Crippen LogP contribution in [-0.4, -0.2) is 22.8 Å². The summed E-state index contributed by atoms with van der Waals surface area (Å²) in [7, 11) is 1.49. The zero-order valence-electron chi connectivity index (χ0n) is 13.2. The van der Waals surface area contributed by atoms with Gasteiger partial charge >= 0.3 is 6.18 Å². The van der Waals surface area contributed by atoms with Crippen LogP contribution in [0.1, 0.15) is 44.5 Å². The molecule has 1 atom stereocenters. The van der Waals surface area contributed by atoms with E-state index in [1.165, 1.54) is 41.5 Å². The van der Waals surface area contributed by atoms with E-state index in [-0.39, 0.29) is 5.56 Å². The molecule has 0 saturated heterocycles. The third-order valence-corrected chi connectivity index (χ3v) is 4.60. The summed E-state index contributed by atoms with van der Waals surface area (Å²) in [6, 6.07) is 4.42. The Hall–Kier alpha value is -1.89. The monoisotopic (exact) mass is 342 g/mol. The number of aromatic nitrogens is 1. The van der Waals surface area contributed by atoms with Crippen molar-refractivity contribution in [1.29, 1.82) is 0 Å². The zero-order chi connectivity index (χ0) is 17.4. The van der Waals surface area contributed by atoms with Gasteiger partial charge in [0.25, 0.3) is 5.91 Å². The lowest BCUT2D eigenvalue weighted by atomic mass is 10.0. The molecule has 1 aromatic heterocycles. The number of alkyl halides is 3. The Morgan fingerprint density at radius 1 is 1.26 bits per heavy atom. The summed E-state index contributed by atoms with van der Waals surface area (Å²) in [5, 5.41) is 0.862. The first-order valence-corrected chi connectivity index (χ1v) is 7.82. The van der Waals surface area contributed by atoms with Crippen LogP contribution in [0, 0.1) is 13.8 Å². The fraction of sp³-hybridized carbons (Fsp3) is 0.375. The van der Waals surface area contributed by atoms with Crippen molar-refractivity contribution in [1.82, 2.24) is 9.88 Å². The SMILES string of the molecule is Cc1nc([C@@H](C)N(C)C(=O)c2ccccc2C(F)(F)F)c(C)s1. The maximum absolute atomic E-state index is 13.1. The molecule has 1 heterocycles. The number of carbonyl (C=O) groups is 1. The molecule has 0 radical (unpaired) electrons. The van der Waals surface area contributed by atoms with Crippen molar-refractivity contribution >= 4 is 17.2 Å². The molecule has 7 heteroatoms. The van der Waals surface area contributed by atoms with Crippen LogP contribution in [-0.2, 0) is 6.18 Å². The summed E-state index contributed by atoms with van der Waals surface area (Å²) >= 11 is 1.50. The molecule has 0 saturated carbocycles. The average molecular weight is 342 g/mol. The van der Waals surface area contributed by atoms with Gasteiger partial charge in [0.05, 0.1) is 27.9 Å². The number of halogens is 3. The highest BCUT2D eigenvalue weighted by atomic mass is 32.1. The molecular weight excluding hydrogens is 325 g/mol. The van der Waals surface area contributed by atoms with E-state index < -0.39 is 23.7 Å². The molecule has 1 amide bonds. The minimum atomic E-state index is -4.57. The van der Waals surface area contributed by atoms with Gasteiger partial charge in [0, 0.05) is 11.9 Å². The van der Waals surface area contributed by atoms with Gasteiger partial charge in [-0.15, -0.1) is 11.3 Å². The van der Waals surface area contributed by atoms with Gasteiger partial charge < -0.3 is 4.90 Å². The van der Waals surface area contributed by atoms with Crippen molar-refractivity contribution in [3.63, 3.8) is 0 Å². The number of hydrogen-bond acceptors (Lipinski definition) is 3. The fourth-order valence-electron chi connectivity index (χ4n) is 2.40. The molecule has 0 fully saturated rings. The lowest BCUT2D eigenvalue weighted by Gasteiger charge is -2.25. The maximum Gasteiger partial charge on any atom is 0.417 e. The van der Waals surface area contributed by atoms with Crippen LogP contribution in [0.3, 0.4) is 0 Å². The third-order valence-electron chi connectivity index (χ3n) is 3.70. The molecule has 0 aliphatic rings. The Bertz CT molecular complexity index is 724. The van der Waals surface area contributed by atoms with E-state index in [9.17, 15) is 18.0 Å². The molecule has 3 nitrogen and oxygen atoms in total. The predicted octanol–water partition coefficient (Wildman–Crippen LogP) is 4.61. The lowest BCUT2D eigenvalue weighted by molar-refractivity contribution is -0.138. The van der Waals surface area contributed by atoms with Crippen molar-refractivity contribution in [3.05, 3.63) is 51.0 Å². The van der Waals surface area contributed by atoms with Crippen molar-refractivity contribution in [2.45, 2.75) is 33.0 Å². The molecule has 23 heavy (non-hydrogen) atoms. The minimum Gasteiger partial charge on any atom is -0.333 e. The predicted molar refractivity (Wildman–Crippen MR) is 83.5 cm³/mol. The van der Waals surface area contributed by atoms with Gasteiger partial charge in [-0.05, 0) is 32.9 Å². The van der Waals surface area contributed by atoms with Crippen molar-refractivity contribution in [2.24, 2.45) is 0 Å². The number of rotatable bonds is 3. The first-order valence-electron chi connectivity index (χ1n) is 7.00. The van der Waals surface area contributed by atoms with Crippen LogP contribution in [0.25, 0.3) is 0 Å². The first kappa shape index (κ1) is 17.5. The van der Waals surface area contributed by atoms with Crippen LogP contribution in [0.2, 0.25) is 0 Å². The van der Waals surface area contributed by atoms with E-state index in [1.54, 1.807) is 6.92 Å². The number of hydrogen-bond donors (Lipinski definition) is 0. The highest BCUT2D eigenvalue weighted by molar-refractivity contribution is 7.11. The minimum absolute atomic E-state index is 0.348. The standard InChI is InChI=1S/C16H17F3N2OS/c1-9(14-10(2)23-11(3)20-14)21(4)15(22)12-7-5-6-8-13(12)16(17,18)19/h5-9H,1-4H3/t9-/m1/s1. The summed E-state index contributed by atoms with van der Waals surface area (Å²) in [5.74, 6) is -0.671. The van der Waals surface area contributed by atoms with E-state index in [2.05, 4.69) is 4.98 Å². The maximum atomic E-state index is 13.1. The number of benzene rings is 1. The number of amides is 1. The van der Waals surface area contributed by atoms with Crippen molar-refractivity contribution < 1.29 is 18.0 Å². The number of carbonyl (C=O) groups excluding carboxylic acids is 1. The molecule has 2 aromatic rings. The van der Waals surface area contributed by atoms with Crippen LogP contribution >= 0.6 is 11.3 Å². The van der Waals surface area contributed by atoms with Crippen LogP contribution in [0.5, 0.6) is 0 Å². The van der Waals surface area contributed by atoms with Crippen LogP contribution in [0.4, 0.5) is 13.2 Å². The number of nitrogens with zero attached hydrogens (tertiary/aromatic N) is 2. The van der Waals surface area contributed by atoms with Gasteiger partial charge in [-0.2, -0.15) is 13.2 Å². The van der Waals surface area contributed by atoms with Gasteiger partial charge in [0.2, 0.25) is 0 Å². The zero-order valence-corrected chi connectivity index (χ0v) is 14.0. The second kappa shape index (κ2) is 6.31. The molecule has 0 N–H and O–H groups in total. The molecule has 1 aromatic carbocycles. The third kappa shape index (κ3) is 3.55. The van der Waals surface area contributed by atoms with E-state index in [0.717, 1.165) is 16.0 Å². The molecule has 0 aliphatic carbocycles. The Morgan fingerprint density at radius 3 is 2.39 bits per heavy atom. The summed E-state index contributed by atoms with van der Waals surface area (Å²) < 4.78 is 39.2. The summed E-state index contributed by atoms with van der Waals surface area (Å²) in [6.45, 7) is 5.50. The topological polar surface area (TPSA) is 33.2 Å². The fourth-order valence-corrected chi connectivity index (χ4v) is 3.31. The Labute approximate surface area is 136 Å². The number of thiazole rings is 1. The number of aryl methyl sites for hydroxylation is 2. The van der Waals surface area contributed by atoms with E-state index in [4.69, 9.17) is 0 Å². The Kier molecular flexibility index (Phi) is 4.79. The van der Waals surface area contributed by atoms with E-state index in [1.807, 2.05) is 13.8 Å². The normalized spacial score (nSPS) is 13.0. The van der Waals surface area contributed by atoms with Gasteiger partial charge in [0.1, 0.15) is 0 Å². The van der Waals surface area contributed by atoms with Crippen molar-refractivity contribution in [2.75, 3.05) is 7.05 Å². The van der Waals surface area contributed by atoms with Crippen molar-refractivity contribution in [3.8, 4) is 0 Å². The summed E-state index contributed by atoms with van der Waals surface area (Å²) in [6.07, 6.45) is -4.57. The molecule has 0 unspecified atom stereocenters. The average Bonchev–Trinajstić information content (AvgIpc) is 2.82. The van der Waals surface area contributed by atoms with E-state index >= 15 is 0 Å².